The van der Waals surface area contributed by atoms with Gasteiger partial charge in [-0.25, -0.2) is 4.98 Å². The molecule has 1 heterocycles. The molecular formula is C16H20N2. The van der Waals surface area contributed by atoms with Crippen molar-refractivity contribution in [1.29, 1.82) is 0 Å². The van der Waals surface area contributed by atoms with E-state index in [2.05, 4.69) is 40.1 Å². The molecule has 2 nitrogen and oxygen atoms in total. The number of aromatic nitrogens is 2. The molecule has 2 heteroatoms. The SMILES string of the molecule is c1ccc2c(c1)ncn2C1CC2CCCCC2C1. The van der Waals surface area contributed by atoms with Crippen molar-refractivity contribution in [2.75, 3.05) is 0 Å². The summed E-state index contributed by atoms with van der Waals surface area (Å²) in [7, 11) is 0. The molecule has 2 atom stereocenters. The minimum Gasteiger partial charge on any atom is -0.327 e. The zero-order valence-corrected chi connectivity index (χ0v) is 10.8. The van der Waals surface area contributed by atoms with Crippen LogP contribution in [0.1, 0.15) is 44.6 Å². The van der Waals surface area contributed by atoms with Gasteiger partial charge in [-0.2, -0.15) is 0 Å². The second-order valence-electron chi connectivity index (χ2n) is 6.07. The molecule has 0 amide bonds. The Labute approximate surface area is 108 Å². The van der Waals surface area contributed by atoms with E-state index in [9.17, 15) is 0 Å². The fourth-order valence-corrected chi connectivity index (χ4v) is 4.20. The second-order valence-corrected chi connectivity index (χ2v) is 6.07. The zero-order chi connectivity index (χ0) is 11.9. The standard InChI is InChI=1S/C16H20N2/c1-2-6-13-10-14(9-12(13)5-1)18-11-17-15-7-3-4-8-16(15)18/h3-4,7-8,11-14H,1-2,5-6,9-10H2. The highest BCUT2D eigenvalue weighted by Crippen LogP contribution is 2.47. The van der Waals surface area contributed by atoms with Gasteiger partial charge in [0.2, 0.25) is 0 Å². The number of para-hydroxylation sites is 2. The van der Waals surface area contributed by atoms with Crippen molar-refractivity contribution in [3.05, 3.63) is 30.6 Å². The summed E-state index contributed by atoms with van der Waals surface area (Å²) in [6.45, 7) is 0. The third-order valence-electron chi connectivity index (χ3n) is 5.09. The van der Waals surface area contributed by atoms with Crippen molar-refractivity contribution in [3.8, 4) is 0 Å². The van der Waals surface area contributed by atoms with Gasteiger partial charge in [0.25, 0.3) is 0 Å². The van der Waals surface area contributed by atoms with Gasteiger partial charge in [-0.15, -0.1) is 0 Å². The molecule has 0 radical (unpaired) electrons. The molecule has 2 fully saturated rings. The third kappa shape index (κ3) is 1.58. The quantitative estimate of drug-likeness (QED) is 0.731. The van der Waals surface area contributed by atoms with E-state index in [-0.39, 0.29) is 0 Å². The highest BCUT2D eigenvalue weighted by Gasteiger charge is 2.36. The van der Waals surface area contributed by atoms with E-state index in [1.807, 2.05) is 0 Å². The Kier molecular flexibility index (Phi) is 2.42. The molecule has 0 saturated heterocycles. The van der Waals surface area contributed by atoms with Crippen LogP contribution in [0, 0.1) is 11.8 Å². The van der Waals surface area contributed by atoms with Gasteiger partial charge in [0, 0.05) is 6.04 Å². The molecular weight excluding hydrogens is 220 g/mol. The predicted molar refractivity (Wildman–Crippen MR) is 73.5 cm³/mol. The Bertz CT molecular complexity index is 543. The predicted octanol–water partition coefficient (Wildman–Crippen LogP) is 4.18. The minimum atomic E-state index is 0.700. The lowest BCUT2D eigenvalue weighted by molar-refractivity contribution is 0.277. The molecule has 2 aromatic rings. The lowest BCUT2D eigenvalue weighted by Gasteiger charge is -2.23. The van der Waals surface area contributed by atoms with E-state index in [1.165, 1.54) is 44.0 Å². The fraction of sp³-hybridized carbons (Fsp3) is 0.562. The van der Waals surface area contributed by atoms with Crippen LogP contribution in [0.5, 0.6) is 0 Å². The van der Waals surface area contributed by atoms with Gasteiger partial charge in [0.05, 0.1) is 17.4 Å². The summed E-state index contributed by atoms with van der Waals surface area (Å²) in [5.74, 6) is 1.98. The van der Waals surface area contributed by atoms with E-state index in [0.717, 1.165) is 17.4 Å². The molecule has 0 aliphatic heterocycles. The molecule has 18 heavy (non-hydrogen) atoms. The van der Waals surface area contributed by atoms with Crippen molar-refractivity contribution >= 4 is 11.0 Å². The topological polar surface area (TPSA) is 17.8 Å². The Morgan fingerprint density at radius 3 is 2.50 bits per heavy atom. The van der Waals surface area contributed by atoms with Gasteiger partial charge >= 0.3 is 0 Å². The Morgan fingerprint density at radius 2 is 1.72 bits per heavy atom. The number of benzene rings is 1. The molecule has 2 unspecified atom stereocenters. The average molecular weight is 240 g/mol. The number of rotatable bonds is 1. The summed E-state index contributed by atoms with van der Waals surface area (Å²) in [6, 6.07) is 9.24. The van der Waals surface area contributed by atoms with E-state index in [0.29, 0.717) is 6.04 Å². The van der Waals surface area contributed by atoms with Crippen LogP contribution >= 0.6 is 0 Å². The van der Waals surface area contributed by atoms with Crippen LogP contribution in [-0.2, 0) is 0 Å². The van der Waals surface area contributed by atoms with Crippen molar-refractivity contribution in [1.82, 2.24) is 9.55 Å². The van der Waals surface area contributed by atoms with E-state index < -0.39 is 0 Å². The van der Waals surface area contributed by atoms with Crippen LogP contribution in [0.4, 0.5) is 0 Å². The molecule has 2 aliphatic carbocycles. The summed E-state index contributed by atoms with van der Waals surface area (Å²) in [5.41, 5.74) is 2.47. The lowest BCUT2D eigenvalue weighted by atomic mass is 9.82. The minimum absolute atomic E-state index is 0.700. The highest BCUT2D eigenvalue weighted by atomic mass is 15.1. The summed E-state index contributed by atoms with van der Waals surface area (Å²) in [4.78, 5) is 4.54. The normalized spacial score (nSPS) is 31.7. The first kappa shape index (κ1) is 10.6. The summed E-state index contributed by atoms with van der Waals surface area (Å²) >= 11 is 0. The van der Waals surface area contributed by atoms with Crippen molar-refractivity contribution in [2.24, 2.45) is 11.8 Å². The van der Waals surface area contributed by atoms with Crippen LogP contribution in [0.3, 0.4) is 0 Å². The van der Waals surface area contributed by atoms with Gasteiger partial charge in [-0.1, -0.05) is 37.8 Å². The van der Waals surface area contributed by atoms with Crippen LogP contribution in [-0.4, -0.2) is 9.55 Å². The molecule has 0 bridgehead atoms. The van der Waals surface area contributed by atoms with Gasteiger partial charge in [-0.05, 0) is 36.8 Å². The molecule has 94 valence electrons. The van der Waals surface area contributed by atoms with E-state index in [1.54, 1.807) is 0 Å². The fourth-order valence-electron chi connectivity index (χ4n) is 4.20. The maximum atomic E-state index is 4.54. The monoisotopic (exact) mass is 240 g/mol. The first-order valence-electron chi connectivity index (χ1n) is 7.33. The van der Waals surface area contributed by atoms with Crippen molar-refractivity contribution in [2.45, 2.75) is 44.6 Å². The molecule has 2 aliphatic rings. The van der Waals surface area contributed by atoms with E-state index >= 15 is 0 Å². The first-order chi connectivity index (χ1) is 8.92. The van der Waals surface area contributed by atoms with Crippen molar-refractivity contribution in [3.63, 3.8) is 0 Å². The van der Waals surface area contributed by atoms with Crippen LogP contribution < -0.4 is 0 Å². The number of hydrogen-bond acceptors (Lipinski definition) is 1. The molecule has 0 spiro atoms. The average Bonchev–Trinajstić information content (AvgIpc) is 3.02. The van der Waals surface area contributed by atoms with E-state index in [4.69, 9.17) is 0 Å². The number of nitrogens with zero attached hydrogens (tertiary/aromatic N) is 2. The summed E-state index contributed by atoms with van der Waals surface area (Å²) in [5, 5.41) is 0. The van der Waals surface area contributed by atoms with Gasteiger partial charge in [-0.3, -0.25) is 0 Å². The van der Waals surface area contributed by atoms with Crippen molar-refractivity contribution < 1.29 is 0 Å². The van der Waals surface area contributed by atoms with Gasteiger partial charge in [0.1, 0.15) is 0 Å². The maximum absolute atomic E-state index is 4.54. The third-order valence-corrected chi connectivity index (χ3v) is 5.09. The first-order valence-corrected chi connectivity index (χ1v) is 7.33. The summed E-state index contributed by atoms with van der Waals surface area (Å²) in [6.07, 6.45) is 10.7. The van der Waals surface area contributed by atoms with Gasteiger partial charge < -0.3 is 4.57 Å². The molecule has 0 N–H and O–H groups in total. The number of fused-ring (bicyclic) bond motifs is 2. The molecule has 1 aromatic carbocycles. The summed E-state index contributed by atoms with van der Waals surface area (Å²) < 4.78 is 2.44. The molecule has 2 saturated carbocycles. The second kappa shape index (κ2) is 4.11. The lowest BCUT2D eigenvalue weighted by Crippen LogP contribution is -2.12. The van der Waals surface area contributed by atoms with Crippen LogP contribution in [0.2, 0.25) is 0 Å². The number of hydrogen-bond donors (Lipinski definition) is 0. The largest absolute Gasteiger partial charge is 0.327 e. The Morgan fingerprint density at radius 1 is 1.00 bits per heavy atom. The smallest absolute Gasteiger partial charge is 0.0960 e. The van der Waals surface area contributed by atoms with Gasteiger partial charge in [0.15, 0.2) is 0 Å². The van der Waals surface area contributed by atoms with Crippen LogP contribution in [0.15, 0.2) is 30.6 Å². The zero-order valence-electron chi connectivity index (χ0n) is 10.8. The maximum Gasteiger partial charge on any atom is 0.0960 e. The molecule has 1 aromatic heterocycles. The Balaban J connectivity index is 1.67. The van der Waals surface area contributed by atoms with Crippen LogP contribution in [0.25, 0.3) is 11.0 Å². The Hall–Kier alpha value is -1.31. The molecule has 4 rings (SSSR count). The highest BCUT2D eigenvalue weighted by molar-refractivity contribution is 5.75. The number of imidazole rings is 1.